The van der Waals surface area contributed by atoms with Crippen molar-refractivity contribution in [1.82, 2.24) is 9.97 Å². The molecule has 0 aliphatic carbocycles. The molecule has 1 heterocycles. The third-order valence-corrected chi connectivity index (χ3v) is 3.61. The fraction of sp³-hybridized carbons (Fsp3) is 0. The molecule has 21 heavy (non-hydrogen) atoms. The zero-order valence-electron chi connectivity index (χ0n) is 10.3. The van der Waals surface area contributed by atoms with E-state index in [0.717, 1.165) is 12.1 Å². The number of aromatic amines is 1. The Morgan fingerprint density at radius 1 is 1.05 bits per heavy atom. The zero-order chi connectivity index (χ0) is 15.1. The Bertz CT molecular complexity index is 904. The third-order valence-electron chi connectivity index (χ3n) is 2.95. The highest BCUT2D eigenvalue weighted by atomic mass is 79.9. The largest absolute Gasteiger partial charge is 0.306 e. The van der Waals surface area contributed by atoms with Gasteiger partial charge in [-0.15, -0.1) is 0 Å². The molecular weight excluding hydrogens is 349 g/mol. The molecule has 0 radical (unpaired) electrons. The summed E-state index contributed by atoms with van der Waals surface area (Å²) in [7, 11) is 0. The third kappa shape index (κ3) is 2.33. The summed E-state index contributed by atoms with van der Waals surface area (Å²) < 4.78 is 40.7. The number of benzene rings is 2. The normalized spacial score (nSPS) is 11.0. The molecule has 0 aliphatic rings. The number of halogens is 4. The van der Waals surface area contributed by atoms with Crippen molar-refractivity contribution >= 4 is 26.8 Å². The molecule has 3 aromatic rings. The predicted octanol–water partition coefficient (Wildman–Crippen LogP) is 3.77. The number of nitrogens with zero attached hydrogens (tertiary/aromatic N) is 1. The van der Waals surface area contributed by atoms with E-state index in [0.29, 0.717) is 4.47 Å². The van der Waals surface area contributed by atoms with Crippen LogP contribution < -0.4 is 5.56 Å². The van der Waals surface area contributed by atoms with Gasteiger partial charge in [-0.2, -0.15) is 0 Å². The Morgan fingerprint density at radius 2 is 1.76 bits per heavy atom. The van der Waals surface area contributed by atoms with E-state index in [4.69, 9.17) is 0 Å². The summed E-state index contributed by atoms with van der Waals surface area (Å²) in [6.45, 7) is 0. The first-order valence-corrected chi connectivity index (χ1v) is 6.60. The number of hydrogen-bond acceptors (Lipinski definition) is 2. The Morgan fingerprint density at radius 3 is 2.48 bits per heavy atom. The van der Waals surface area contributed by atoms with E-state index in [9.17, 15) is 18.0 Å². The molecule has 0 atom stereocenters. The van der Waals surface area contributed by atoms with Crippen molar-refractivity contribution in [2.24, 2.45) is 0 Å². The molecular formula is C14H6BrF3N2O. The maximum Gasteiger partial charge on any atom is 0.259 e. The molecule has 0 saturated carbocycles. The number of aromatic nitrogens is 2. The molecule has 3 nitrogen and oxygen atoms in total. The zero-order valence-corrected chi connectivity index (χ0v) is 11.8. The van der Waals surface area contributed by atoms with Crippen LogP contribution in [0.1, 0.15) is 0 Å². The Balaban J connectivity index is 2.36. The van der Waals surface area contributed by atoms with Gasteiger partial charge in [0.1, 0.15) is 11.6 Å². The van der Waals surface area contributed by atoms with Gasteiger partial charge in [0, 0.05) is 10.5 Å². The highest BCUT2D eigenvalue weighted by Crippen LogP contribution is 2.28. The molecule has 0 amide bonds. The number of nitrogens with one attached hydrogen (secondary N) is 1. The summed E-state index contributed by atoms with van der Waals surface area (Å²) in [5.41, 5.74) is -0.687. The monoisotopic (exact) mass is 354 g/mol. The number of rotatable bonds is 1. The van der Waals surface area contributed by atoms with Gasteiger partial charge in [-0.1, -0.05) is 6.07 Å². The van der Waals surface area contributed by atoms with E-state index in [1.807, 2.05) is 0 Å². The molecule has 0 fully saturated rings. The topological polar surface area (TPSA) is 45.8 Å². The molecule has 0 aliphatic heterocycles. The van der Waals surface area contributed by atoms with Crippen molar-refractivity contribution in [3.63, 3.8) is 0 Å². The van der Waals surface area contributed by atoms with Crippen LogP contribution >= 0.6 is 15.9 Å². The van der Waals surface area contributed by atoms with Crippen LogP contribution in [0.4, 0.5) is 13.2 Å². The van der Waals surface area contributed by atoms with E-state index in [2.05, 4.69) is 25.9 Å². The lowest BCUT2D eigenvalue weighted by atomic mass is 10.1. The van der Waals surface area contributed by atoms with Gasteiger partial charge in [0.15, 0.2) is 11.6 Å². The Labute approximate surface area is 124 Å². The van der Waals surface area contributed by atoms with E-state index < -0.39 is 23.0 Å². The van der Waals surface area contributed by atoms with Crippen molar-refractivity contribution < 1.29 is 13.2 Å². The molecule has 0 bridgehead atoms. The van der Waals surface area contributed by atoms with E-state index in [1.165, 1.54) is 12.1 Å². The smallest absolute Gasteiger partial charge is 0.259 e. The van der Waals surface area contributed by atoms with Crippen LogP contribution in [0.25, 0.3) is 22.3 Å². The van der Waals surface area contributed by atoms with Crippen molar-refractivity contribution in [3.8, 4) is 11.4 Å². The van der Waals surface area contributed by atoms with Gasteiger partial charge in [0.2, 0.25) is 0 Å². The SMILES string of the molecule is O=c1[nH]c(-c2c(F)cccc2Br)nc2cc(F)c(F)cc12. The molecule has 106 valence electrons. The molecule has 0 spiro atoms. The summed E-state index contributed by atoms with van der Waals surface area (Å²) >= 11 is 3.16. The van der Waals surface area contributed by atoms with Crippen LogP contribution in [0.5, 0.6) is 0 Å². The number of H-pyrrole nitrogens is 1. The van der Waals surface area contributed by atoms with Crippen molar-refractivity contribution in [2.45, 2.75) is 0 Å². The first-order chi connectivity index (χ1) is 9.97. The molecule has 0 saturated heterocycles. The second-order valence-electron chi connectivity index (χ2n) is 4.29. The summed E-state index contributed by atoms with van der Waals surface area (Å²) in [5, 5.41) is -0.106. The van der Waals surface area contributed by atoms with Crippen molar-refractivity contribution in [3.05, 3.63) is 62.6 Å². The second-order valence-corrected chi connectivity index (χ2v) is 5.15. The Kier molecular flexibility index (Phi) is 3.29. The van der Waals surface area contributed by atoms with Crippen LogP contribution in [0.3, 0.4) is 0 Å². The van der Waals surface area contributed by atoms with Gasteiger partial charge in [-0.05, 0) is 34.1 Å². The van der Waals surface area contributed by atoms with Crippen molar-refractivity contribution in [2.75, 3.05) is 0 Å². The molecule has 3 rings (SSSR count). The second kappa shape index (κ2) is 5.00. The van der Waals surface area contributed by atoms with Gasteiger partial charge in [0.05, 0.1) is 16.5 Å². The van der Waals surface area contributed by atoms with Gasteiger partial charge in [-0.3, -0.25) is 4.79 Å². The highest BCUT2D eigenvalue weighted by Gasteiger charge is 2.15. The maximum absolute atomic E-state index is 13.9. The van der Waals surface area contributed by atoms with E-state index in [1.54, 1.807) is 6.07 Å². The fourth-order valence-corrected chi connectivity index (χ4v) is 2.51. The minimum absolute atomic E-state index is 0.0428. The lowest BCUT2D eigenvalue weighted by molar-refractivity contribution is 0.510. The average molecular weight is 355 g/mol. The summed E-state index contributed by atoms with van der Waals surface area (Å²) in [6, 6.07) is 5.83. The average Bonchev–Trinajstić information content (AvgIpc) is 2.41. The minimum Gasteiger partial charge on any atom is -0.306 e. The molecule has 1 aromatic heterocycles. The number of fused-ring (bicyclic) bond motifs is 1. The van der Waals surface area contributed by atoms with Crippen LogP contribution in [0, 0.1) is 17.5 Å². The minimum atomic E-state index is -1.14. The van der Waals surface area contributed by atoms with Crippen LogP contribution in [0.15, 0.2) is 39.6 Å². The first kappa shape index (κ1) is 13.8. The summed E-state index contributed by atoms with van der Waals surface area (Å²) in [6.07, 6.45) is 0. The quantitative estimate of drug-likeness (QED) is 0.722. The lowest BCUT2D eigenvalue weighted by Crippen LogP contribution is -2.11. The first-order valence-electron chi connectivity index (χ1n) is 5.81. The van der Waals surface area contributed by atoms with Gasteiger partial charge in [0.25, 0.3) is 5.56 Å². The fourth-order valence-electron chi connectivity index (χ4n) is 1.98. The van der Waals surface area contributed by atoms with Crippen LogP contribution in [0.2, 0.25) is 0 Å². The Hall–Kier alpha value is -2.15. The molecule has 7 heteroatoms. The summed E-state index contributed by atoms with van der Waals surface area (Å²) in [5.74, 6) is -2.94. The van der Waals surface area contributed by atoms with Gasteiger partial charge in [-0.25, -0.2) is 18.2 Å². The van der Waals surface area contributed by atoms with Crippen LogP contribution in [-0.2, 0) is 0 Å². The van der Waals surface area contributed by atoms with Gasteiger partial charge < -0.3 is 4.98 Å². The predicted molar refractivity (Wildman–Crippen MR) is 75.4 cm³/mol. The molecule has 2 aromatic carbocycles. The number of hydrogen-bond donors (Lipinski definition) is 1. The van der Waals surface area contributed by atoms with E-state index >= 15 is 0 Å². The van der Waals surface area contributed by atoms with Gasteiger partial charge >= 0.3 is 0 Å². The molecule has 1 N–H and O–H groups in total. The molecule has 0 unspecified atom stereocenters. The lowest BCUT2D eigenvalue weighted by Gasteiger charge is -2.07. The summed E-state index contributed by atoms with van der Waals surface area (Å²) in [4.78, 5) is 18.3. The van der Waals surface area contributed by atoms with E-state index in [-0.39, 0.29) is 22.3 Å². The maximum atomic E-state index is 13.9. The van der Waals surface area contributed by atoms with Crippen molar-refractivity contribution in [1.29, 1.82) is 0 Å². The van der Waals surface area contributed by atoms with Crippen LogP contribution in [-0.4, -0.2) is 9.97 Å². The standard InChI is InChI=1S/C14H6BrF3N2O/c15-7-2-1-3-8(16)12(7)13-19-11-5-10(18)9(17)4-6(11)14(21)20-13/h1-5H,(H,19,20,21). The highest BCUT2D eigenvalue weighted by molar-refractivity contribution is 9.10.